The van der Waals surface area contributed by atoms with Crippen LogP contribution in [0.1, 0.15) is 18.0 Å². The molecule has 26 heavy (non-hydrogen) atoms. The molecule has 8 nitrogen and oxygen atoms in total. The molecule has 0 spiro atoms. The number of nitro benzene ring substituents is 1. The second-order valence-electron chi connectivity index (χ2n) is 5.19. The van der Waals surface area contributed by atoms with E-state index in [-0.39, 0.29) is 21.2 Å². The van der Waals surface area contributed by atoms with Gasteiger partial charge >= 0.3 is 5.97 Å². The molecule has 2 N–H and O–H groups in total. The number of aliphatic carboxylic acids is 1. The molecule has 0 fully saturated rings. The van der Waals surface area contributed by atoms with Gasteiger partial charge in [0.05, 0.1) is 22.3 Å². The molecule has 0 radical (unpaired) electrons. The SMILES string of the molecule is O=C(O)C[C@@H](NS(=O)(=O)c1ccc(F)cc1)c1cc([N+](=O)[O-])ccc1Cl. The topological polar surface area (TPSA) is 127 Å². The Morgan fingerprint density at radius 1 is 1.27 bits per heavy atom. The summed E-state index contributed by atoms with van der Waals surface area (Å²) in [6.45, 7) is 0. The standard InChI is InChI=1S/C15H12ClFN2O6S/c16-13-6-3-10(19(22)23)7-12(13)14(8-15(20)21)18-26(24,25)11-4-1-9(17)2-5-11/h1-7,14,18H,8H2,(H,20,21)/t14-/m1/s1. The third-order valence-electron chi connectivity index (χ3n) is 3.37. The van der Waals surface area contributed by atoms with E-state index < -0.39 is 39.2 Å². The fourth-order valence-corrected chi connectivity index (χ4v) is 3.64. The van der Waals surface area contributed by atoms with Crippen molar-refractivity contribution < 1.29 is 27.6 Å². The maximum Gasteiger partial charge on any atom is 0.305 e. The van der Waals surface area contributed by atoms with Crippen molar-refractivity contribution >= 4 is 33.3 Å². The molecule has 0 aliphatic heterocycles. The summed E-state index contributed by atoms with van der Waals surface area (Å²) in [5, 5.41) is 19.9. The van der Waals surface area contributed by atoms with Gasteiger partial charge in [-0.15, -0.1) is 0 Å². The molecule has 0 saturated heterocycles. The highest BCUT2D eigenvalue weighted by Gasteiger charge is 2.26. The van der Waals surface area contributed by atoms with E-state index in [9.17, 15) is 27.7 Å². The molecule has 2 rings (SSSR count). The fourth-order valence-electron chi connectivity index (χ4n) is 2.17. The smallest absolute Gasteiger partial charge is 0.305 e. The number of hydrogen-bond donors (Lipinski definition) is 2. The molecule has 2 aromatic rings. The van der Waals surface area contributed by atoms with E-state index in [0.29, 0.717) is 0 Å². The number of benzene rings is 2. The van der Waals surface area contributed by atoms with E-state index >= 15 is 0 Å². The fraction of sp³-hybridized carbons (Fsp3) is 0.133. The Balaban J connectivity index is 2.45. The van der Waals surface area contributed by atoms with Gasteiger partial charge < -0.3 is 5.11 Å². The summed E-state index contributed by atoms with van der Waals surface area (Å²) in [5.41, 5.74) is -0.435. The molecule has 0 saturated carbocycles. The predicted octanol–water partition coefficient (Wildman–Crippen LogP) is 2.88. The van der Waals surface area contributed by atoms with Crippen LogP contribution in [-0.4, -0.2) is 24.4 Å². The minimum absolute atomic E-state index is 0.0383. The minimum atomic E-state index is -4.23. The van der Waals surface area contributed by atoms with E-state index in [0.717, 1.165) is 36.4 Å². The van der Waals surface area contributed by atoms with Gasteiger partial charge in [0, 0.05) is 17.2 Å². The lowest BCUT2D eigenvalue weighted by Gasteiger charge is -2.18. The van der Waals surface area contributed by atoms with Crippen LogP contribution in [0, 0.1) is 15.9 Å². The Bertz CT molecular complexity index is 949. The Morgan fingerprint density at radius 3 is 2.42 bits per heavy atom. The van der Waals surface area contributed by atoms with Crippen LogP contribution in [0.15, 0.2) is 47.4 Å². The van der Waals surface area contributed by atoms with Crippen LogP contribution < -0.4 is 4.72 Å². The number of sulfonamides is 1. The summed E-state index contributed by atoms with van der Waals surface area (Å²) < 4.78 is 40.0. The van der Waals surface area contributed by atoms with E-state index in [4.69, 9.17) is 16.7 Å². The largest absolute Gasteiger partial charge is 0.481 e. The van der Waals surface area contributed by atoms with Gasteiger partial charge in [0.1, 0.15) is 5.82 Å². The summed E-state index contributed by atoms with van der Waals surface area (Å²) in [7, 11) is -4.23. The maximum absolute atomic E-state index is 13.0. The van der Waals surface area contributed by atoms with Crippen LogP contribution >= 0.6 is 11.6 Å². The zero-order chi connectivity index (χ0) is 19.5. The molecule has 0 heterocycles. The molecule has 2 aromatic carbocycles. The molecule has 0 aliphatic carbocycles. The quantitative estimate of drug-likeness (QED) is 0.541. The zero-order valence-corrected chi connectivity index (χ0v) is 14.5. The zero-order valence-electron chi connectivity index (χ0n) is 12.9. The molecule has 0 amide bonds. The number of carbonyl (C=O) groups is 1. The molecule has 138 valence electrons. The lowest BCUT2D eigenvalue weighted by atomic mass is 10.0. The predicted molar refractivity (Wildman–Crippen MR) is 89.8 cm³/mol. The lowest BCUT2D eigenvalue weighted by molar-refractivity contribution is -0.384. The molecule has 0 aromatic heterocycles. The Morgan fingerprint density at radius 2 is 1.88 bits per heavy atom. The van der Waals surface area contributed by atoms with Crippen molar-refractivity contribution in [2.24, 2.45) is 0 Å². The van der Waals surface area contributed by atoms with E-state index in [1.54, 1.807) is 0 Å². The first-order chi connectivity index (χ1) is 12.1. The van der Waals surface area contributed by atoms with Crippen molar-refractivity contribution in [1.82, 2.24) is 4.72 Å². The molecule has 0 aliphatic rings. The number of nitrogens with one attached hydrogen (secondary N) is 1. The van der Waals surface area contributed by atoms with Gasteiger partial charge in [-0.3, -0.25) is 14.9 Å². The first-order valence-corrected chi connectivity index (χ1v) is 8.90. The summed E-state index contributed by atoms with van der Waals surface area (Å²) in [6, 6.07) is 5.80. The highest BCUT2D eigenvalue weighted by molar-refractivity contribution is 7.89. The van der Waals surface area contributed by atoms with Crippen molar-refractivity contribution in [3.63, 3.8) is 0 Å². The first kappa shape index (κ1) is 19.8. The van der Waals surface area contributed by atoms with Crippen LogP contribution in [0.2, 0.25) is 5.02 Å². The number of hydrogen-bond acceptors (Lipinski definition) is 5. The van der Waals surface area contributed by atoms with E-state index in [2.05, 4.69) is 4.72 Å². The molecule has 0 bridgehead atoms. The highest BCUT2D eigenvalue weighted by atomic mass is 35.5. The summed E-state index contributed by atoms with van der Waals surface area (Å²) in [6.07, 6.45) is -0.707. The van der Waals surface area contributed by atoms with Gasteiger partial charge in [-0.2, -0.15) is 0 Å². The average Bonchev–Trinajstić information content (AvgIpc) is 2.54. The third kappa shape index (κ3) is 4.75. The van der Waals surface area contributed by atoms with Crippen LogP contribution in [0.25, 0.3) is 0 Å². The van der Waals surface area contributed by atoms with Crippen molar-refractivity contribution in [3.8, 4) is 0 Å². The Kier molecular flexibility index (Phi) is 5.90. The molecular formula is C15H12ClFN2O6S. The van der Waals surface area contributed by atoms with Crippen molar-refractivity contribution in [2.75, 3.05) is 0 Å². The van der Waals surface area contributed by atoms with Crippen molar-refractivity contribution in [1.29, 1.82) is 0 Å². The van der Waals surface area contributed by atoms with Crippen LogP contribution in [0.5, 0.6) is 0 Å². The molecule has 1 atom stereocenters. The highest BCUT2D eigenvalue weighted by Crippen LogP contribution is 2.30. The van der Waals surface area contributed by atoms with Gasteiger partial charge in [0.15, 0.2) is 0 Å². The number of nitro groups is 1. The normalized spacial score (nSPS) is 12.5. The molecular weight excluding hydrogens is 391 g/mol. The van der Waals surface area contributed by atoms with E-state index in [1.165, 1.54) is 6.07 Å². The molecule has 0 unspecified atom stereocenters. The summed E-state index contributed by atoms with van der Waals surface area (Å²) in [5.74, 6) is -1.99. The second kappa shape index (κ2) is 7.77. The van der Waals surface area contributed by atoms with Crippen LogP contribution in [-0.2, 0) is 14.8 Å². The summed E-state index contributed by atoms with van der Waals surface area (Å²) >= 11 is 5.97. The van der Waals surface area contributed by atoms with Crippen LogP contribution in [0.4, 0.5) is 10.1 Å². The number of rotatable bonds is 7. The first-order valence-electron chi connectivity index (χ1n) is 7.03. The monoisotopic (exact) mass is 402 g/mol. The second-order valence-corrected chi connectivity index (χ2v) is 7.31. The Hall–Kier alpha value is -2.56. The maximum atomic E-state index is 13.0. The van der Waals surface area contributed by atoms with Crippen LogP contribution in [0.3, 0.4) is 0 Å². The number of halogens is 2. The average molecular weight is 403 g/mol. The molecule has 11 heteroatoms. The van der Waals surface area contributed by atoms with Gasteiger partial charge in [-0.25, -0.2) is 17.5 Å². The summed E-state index contributed by atoms with van der Waals surface area (Å²) in [4.78, 5) is 21.0. The number of carboxylic acid groups (broad SMARTS) is 1. The third-order valence-corrected chi connectivity index (χ3v) is 5.20. The van der Waals surface area contributed by atoms with Gasteiger partial charge in [0.25, 0.3) is 5.69 Å². The number of carboxylic acids is 1. The number of non-ortho nitro benzene ring substituents is 1. The number of nitrogens with zero attached hydrogens (tertiary/aromatic N) is 1. The lowest BCUT2D eigenvalue weighted by Crippen LogP contribution is -2.30. The van der Waals surface area contributed by atoms with Crippen molar-refractivity contribution in [2.45, 2.75) is 17.4 Å². The van der Waals surface area contributed by atoms with Gasteiger partial charge in [0.2, 0.25) is 10.0 Å². The van der Waals surface area contributed by atoms with Crippen molar-refractivity contribution in [3.05, 3.63) is 69.0 Å². The van der Waals surface area contributed by atoms with Gasteiger partial charge in [-0.1, -0.05) is 11.6 Å². The minimum Gasteiger partial charge on any atom is -0.481 e. The van der Waals surface area contributed by atoms with Gasteiger partial charge in [-0.05, 0) is 35.9 Å². The Labute approximate surface area is 152 Å². The van der Waals surface area contributed by atoms with E-state index in [1.807, 2.05) is 0 Å².